The van der Waals surface area contributed by atoms with E-state index < -0.39 is 0 Å². The van der Waals surface area contributed by atoms with Gasteiger partial charge in [0.2, 0.25) is 0 Å². The summed E-state index contributed by atoms with van der Waals surface area (Å²) in [7, 11) is 0. The minimum Gasteiger partial charge on any atom is -0.373 e. The summed E-state index contributed by atoms with van der Waals surface area (Å²) >= 11 is 0. The molecule has 0 aliphatic carbocycles. The van der Waals surface area contributed by atoms with Gasteiger partial charge in [0, 0.05) is 19.5 Å². The van der Waals surface area contributed by atoms with E-state index in [1.165, 1.54) is 31.5 Å². The third-order valence-electron chi connectivity index (χ3n) is 3.10. The Kier molecular flexibility index (Phi) is 4.43. The predicted octanol–water partition coefficient (Wildman–Crippen LogP) is 2.98. The van der Waals surface area contributed by atoms with E-state index in [-0.39, 0.29) is 0 Å². The molecule has 1 aliphatic heterocycles. The Morgan fingerprint density at radius 3 is 2.79 bits per heavy atom. The Morgan fingerprint density at radius 1 is 1.29 bits per heavy atom. The van der Waals surface area contributed by atoms with Gasteiger partial charge in [-0.1, -0.05) is 27.2 Å². The minimum absolute atomic E-state index is 0.398. The van der Waals surface area contributed by atoms with E-state index in [4.69, 9.17) is 0 Å². The molecule has 0 radical (unpaired) electrons. The number of rotatable bonds is 3. The van der Waals surface area contributed by atoms with Crippen molar-refractivity contribution in [2.75, 3.05) is 13.1 Å². The fourth-order valence-electron chi connectivity index (χ4n) is 1.48. The molecule has 0 unspecified atom stereocenters. The molecule has 0 amide bonds. The summed E-state index contributed by atoms with van der Waals surface area (Å²) in [5, 5.41) is 3.50. The monoisotopic (exact) mass is 196 g/mol. The van der Waals surface area contributed by atoms with Gasteiger partial charge in [-0.05, 0) is 24.7 Å². The van der Waals surface area contributed by atoms with Gasteiger partial charge < -0.3 is 5.32 Å². The maximum absolute atomic E-state index is 4.57. The van der Waals surface area contributed by atoms with Gasteiger partial charge in [-0.15, -0.1) is 0 Å². The number of hydrogen-bond donors (Lipinski definition) is 1. The summed E-state index contributed by atoms with van der Waals surface area (Å²) in [6.07, 6.45) is 6.28. The van der Waals surface area contributed by atoms with Gasteiger partial charge >= 0.3 is 0 Å². The quantitative estimate of drug-likeness (QED) is 0.737. The van der Waals surface area contributed by atoms with Crippen LogP contribution >= 0.6 is 0 Å². The SMILES string of the molecule is CCC(C)(C)CNC1=NCCCCC1. The van der Waals surface area contributed by atoms with Crippen LogP contribution in [0.1, 0.15) is 52.9 Å². The first-order valence-electron chi connectivity index (χ1n) is 5.91. The summed E-state index contributed by atoms with van der Waals surface area (Å²) in [6, 6.07) is 0. The second kappa shape index (κ2) is 5.38. The average molecular weight is 196 g/mol. The van der Waals surface area contributed by atoms with Crippen LogP contribution in [0.15, 0.2) is 4.99 Å². The number of amidine groups is 1. The molecule has 0 atom stereocenters. The third kappa shape index (κ3) is 4.12. The molecular weight excluding hydrogens is 172 g/mol. The van der Waals surface area contributed by atoms with Gasteiger partial charge in [-0.2, -0.15) is 0 Å². The van der Waals surface area contributed by atoms with Crippen molar-refractivity contribution in [3.05, 3.63) is 0 Å². The standard InChI is InChI=1S/C12H24N2/c1-4-12(2,3)10-14-11-8-6-5-7-9-13-11/h4-10H2,1-3H3,(H,13,14). The number of aliphatic imine (C=N–C) groups is 1. The molecule has 0 aromatic rings. The van der Waals surface area contributed by atoms with Crippen LogP contribution in [-0.2, 0) is 0 Å². The third-order valence-corrected chi connectivity index (χ3v) is 3.10. The Balaban J connectivity index is 2.32. The van der Waals surface area contributed by atoms with E-state index in [9.17, 15) is 0 Å². The first kappa shape index (κ1) is 11.5. The zero-order valence-electron chi connectivity index (χ0n) is 9.90. The van der Waals surface area contributed by atoms with Gasteiger partial charge in [0.15, 0.2) is 0 Å². The molecule has 0 spiro atoms. The molecule has 14 heavy (non-hydrogen) atoms. The minimum atomic E-state index is 0.398. The summed E-state index contributed by atoms with van der Waals surface area (Å²) in [4.78, 5) is 4.57. The van der Waals surface area contributed by atoms with Crippen molar-refractivity contribution in [3.63, 3.8) is 0 Å². The Labute approximate surface area is 88.2 Å². The average Bonchev–Trinajstić information content (AvgIpc) is 2.43. The normalized spacial score (nSPS) is 18.6. The Morgan fingerprint density at radius 2 is 2.07 bits per heavy atom. The molecule has 82 valence electrons. The van der Waals surface area contributed by atoms with E-state index in [1.54, 1.807) is 0 Å². The molecule has 1 aliphatic rings. The van der Waals surface area contributed by atoms with Crippen molar-refractivity contribution in [2.45, 2.75) is 52.9 Å². The van der Waals surface area contributed by atoms with Crippen LogP contribution in [0.4, 0.5) is 0 Å². The molecule has 0 bridgehead atoms. The molecule has 0 saturated heterocycles. The lowest BCUT2D eigenvalue weighted by Crippen LogP contribution is -2.33. The lowest BCUT2D eigenvalue weighted by atomic mass is 9.90. The van der Waals surface area contributed by atoms with E-state index in [2.05, 4.69) is 31.1 Å². The maximum atomic E-state index is 4.57. The smallest absolute Gasteiger partial charge is 0.0963 e. The maximum Gasteiger partial charge on any atom is 0.0963 e. The van der Waals surface area contributed by atoms with E-state index in [0.29, 0.717) is 5.41 Å². The van der Waals surface area contributed by atoms with Crippen molar-refractivity contribution < 1.29 is 0 Å². The van der Waals surface area contributed by atoms with E-state index >= 15 is 0 Å². The molecule has 1 N–H and O–H groups in total. The molecular formula is C12H24N2. The summed E-state index contributed by atoms with van der Waals surface area (Å²) in [6.45, 7) is 8.93. The molecule has 1 heterocycles. The summed E-state index contributed by atoms with van der Waals surface area (Å²) in [5.74, 6) is 1.24. The van der Waals surface area contributed by atoms with E-state index in [1.807, 2.05) is 0 Å². The van der Waals surface area contributed by atoms with Gasteiger partial charge in [0.1, 0.15) is 0 Å². The first-order valence-corrected chi connectivity index (χ1v) is 5.91. The molecule has 0 saturated carbocycles. The number of hydrogen-bond acceptors (Lipinski definition) is 2. The van der Waals surface area contributed by atoms with Crippen molar-refractivity contribution >= 4 is 5.84 Å². The fourth-order valence-corrected chi connectivity index (χ4v) is 1.48. The molecule has 0 fully saturated rings. The zero-order chi connectivity index (χ0) is 10.4. The van der Waals surface area contributed by atoms with Gasteiger partial charge in [0.05, 0.1) is 5.84 Å². The van der Waals surface area contributed by atoms with Crippen molar-refractivity contribution in [3.8, 4) is 0 Å². The number of nitrogens with zero attached hydrogens (tertiary/aromatic N) is 1. The van der Waals surface area contributed by atoms with Crippen LogP contribution in [0.25, 0.3) is 0 Å². The van der Waals surface area contributed by atoms with Crippen molar-refractivity contribution in [2.24, 2.45) is 10.4 Å². The Bertz CT molecular complexity index is 194. The second-order valence-corrected chi connectivity index (χ2v) is 5.01. The van der Waals surface area contributed by atoms with Crippen LogP contribution < -0.4 is 5.32 Å². The molecule has 2 heteroatoms. The van der Waals surface area contributed by atoms with Crippen LogP contribution in [0, 0.1) is 5.41 Å². The van der Waals surface area contributed by atoms with Gasteiger partial charge in [0.25, 0.3) is 0 Å². The highest BCUT2D eigenvalue weighted by Crippen LogP contribution is 2.18. The first-order chi connectivity index (χ1) is 6.64. The molecule has 2 nitrogen and oxygen atoms in total. The highest BCUT2D eigenvalue weighted by Gasteiger charge is 2.15. The zero-order valence-corrected chi connectivity index (χ0v) is 9.90. The molecule has 0 aromatic carbocycles. The van der Waals surface area contributed by atoms with Crippen LogP contribution in [0.2, 0.25) is 0 Å². The predicted molar refractivity (Wildman–Crippen MR) is 62.8 cm³/mol. The van der Waals surface area contributed by atoms with E-state index in [0.717, 1.165) is 19.5 Å². The lowest BCUT2D eigenvalue weighted by molar-refractivity contribution is 0.348. The summed E-state index contributed by atoms with van der Waals surface area (Å²) in [5.41, 5.74) is 0.398. The van der Waals surface area contributed by atoms with Gasteiger partial charge in [-0.3, -0.25) is 4.99 Å². The highest BCUT2D eigenvalue weighted by atomic mass is 15.0. The fraction of sp³-hybridized carbons (Fsp3) is 0.917. The van der Waals surface area contributed by atoms with Crippen molar-refractivity contribution in [1.29, 1.82) is 0 Å². The van der Waals surface area contributed by atoms with Crippen LogP contribution in [0.5, 0.6) is 0 Å². The van der Waals surface area contributed by atoms with Crippen molar-refractivity contribution in [1.82, 2.24) is 5.32 Å². The number of nitrogens with one attached hydrogen (secondary N) is 1. The topological polar surface area (TPSA) is 24.4 Å². The highest BCUT2D eigenvalue weighted by molar-refractivity contribution is 5.82. The molecule has 0 aromatic heterocycles. The second-order valence-electron chi connectivity index (χ2n) is 5.01. The Hall–Kier alpha value is -0.530. The van der Waals surface area contributed by atoms with Crippen LogP contribution in [-0.4, -0.2) is 18.9 Å². The summed E-state index contributed by atoms with van der Waals surface area (Å²) < 4.78 is 0. The van der Waals surface area contributed by atoms with Gasteiger partial charge in [-0.25, -0.2) is 0 Å². The lowest BCUT2D eigenvalue weighted by Gasteiger charge is -2.24. The molecule has 1 rings (SSSR count). The largest absolute Gasteiger partial charge is 0.373 e. The van der Waals surface area contributed by atoms with Crippen LogP contribution in [0.3, 0.4) is 0 Å².